The topological polar surface area (TPSA) is 77.2 Å². The molecule has 2 rings (SSSR count). The van der Waals surface area contributed by atoms with E-state index in [9.17, 15) is 0 Å². The number of aromatic nitrogens is 2. The highest BCUT2D eigenvalue weighted by atomic mass is 16.3. The third-order valence-electron chi connectivity index (χ3n) is 2.44. The molecule has 5 heteroatoms. The number of anilines is 1. The van der Waals surface area contributed by atoms with Gasteiger partial charge in [-0.3, -0.25) is 0 Å². The molecule has 0 saturated heterocycles. The SMILES string of the molecule is Cc1cc(-c2cc(N)n(CCO)n2)c(C)o1. The van der Waals surface area contributed by atoms with Gasteiger partial charge in [0.1, 0.15) is 17.3 Å². The van der Waals surface area contributed by atoms with Crippen LogP contribution in [0.15, 0.2) is 16.5 Å². The number of nitrogen functional groups attached to an aromatic ring is 1. The predicted octanol–water partition coefficient (Wildman–Crippen LogP) is 1.33. The minimum absolute atomic E-state index is 0.0225. The first-order valence-corrected chi connectivity index (χ1v) is 5.13. The molecule has 2 aromatic heterocycles. The number of rotatable bonds is 3. The number of aliphatic hydroxyl groups is 1. The maximum absolute atomic E-state index is 8.85. The van der Waals surface area contributed by atoms with Gasteiger partial charge < -0.3 is 15.3 Å². The van der Waals surface area contributed by atoms with Gasteiger partial charge in [-0.2, -0.15) is 5.10 Å². The summed E-state index contributed by atoms with van der Waals surface area (Å²) in [5.41, 5.74) is 7.50. The molecular formula is C11H15N3O2. The van der Waals surface area contributed by atoms with E-state index in [-0.39, 0.29) is 6.61 Å². The molecule has 0 aliphatic carbocycles. The number of aryl methyl sites for hydroxylation is 2. The van der Waals surface area contributed by atoms with Gasteiger partial charge in [-0.15, -0.1) is 0 Å². The molecule has 0 aliphatic rings. The molecule has 86 valence electrons. The molecule has 0 atom stereocenters. The number of furan rings is 1. The third kappa shape index (κ3) is 1.81. The summed E-state index contributed by atoms with van der Waals surface area (Å²) in [6, 6.07) is 3.72. The molecule has 0 saturated carbocycles. The fourth-order valence-electron chi connectivity index (χ4n) is 1.72. The fraction of sp³-hybridized carbons (Fsp3) is 0.364. The first-order chi connectivity index (χ1) is 7.61. The van der Waals surface area contributed by atoms with Crippen molar-refractivity contribution in [1.82, 2.24) is 9.78 Å². The normalized spacial score (nSPS) is 10.9. The molecule has 0 aromatic carbocycles. The second kappa shape index (κ2) is 4.02. The molecule has 3 N–H and O–H groups in total. The van der Waals surface area contributed by atoms with E-state index in [1.165, 1.54) is 0 Å². The average Bonchev–Trinajstić information content (AvgIpc) is 2.72. The zero-order chi connectivity index (χ0) is 11.7. The van der Waals surface area contributed by atoms with E-state index in [0.717, 1.165) is 22.8 Å². The van der Waals surface area contributed by atoms with E-state index in [2.05, 4.69) is 5.10 Å². The summed E-state index contributed by atoms with van der Waals surface area (Å²) < 4.78 is 7.02. The summed E-state index contributed by atoms with van der Waals surface area (Å²) in [7, 11) is 0. The van der Waals surface area contributed by atoms with E-state index in [0.29, 0.717) is 12.4 Å². The van der Waals surface area contributed by atoms with Crippen molar-refractivity contribution >= 4 is 5.82 Å². The Bertz CT molecular complexity index is 499. The van der Waals surface area contributed by atoms with Crippen LogP contribution in [0.25, 0.3) is 11.3 Å². The summed E-state index contributed by atoms with van der Waals surface area (Å²) in [6.07, 6.45) is 0. The Morgan fingerprint density at radius 1 is 1.44 bits per heavy atom. The highest BCUT2D eigenvalue weighted by Crippen LogP contribution is 2.26. The number of hydrogen-bond acceptors (Lipinski definition) is 4. The van der Waals surface area contributed by atoms with Crippen molar-refractivity contribution in [3.8, 4) is 11.3 Å². The van der Waals surface area contributed by atoms with Crippen LogP contribution in [0.5, 0.6) is 0 Å². The second-order valence-corrected chi connectivity index (χ2v) is 3.73. The fourth-order valence-corrected chi connectivity index (χ4v) is 1.72. The van der Waals surface area contributed by atoms with E-state index >= 15 is 0 Å². The molecule has 0 fully saturated rings. The van der Waals surface area contributed by atoms with Gasteiger partial charge in [0.15, 0.2) is 0 Å². The van der Waals surface area contributed by atoms with Crippen LogP contribution < -0.4 is 5.73 Å². The van der Waals surface area contributed by atoms with Crippen molar-refractivity contribution in [2.24, 2.45) is 0 Å². The zero-order valence-corrected chi connectivity index (χ0v) is 9.40. The van der Waals surface area contributed by atoms with E-state index < -0.39 is 0 Å². The lowest BCUT2D eigenvalue weighted by Gasteiger charge is -1.98. The molecule has 16 heavy (non-hydrogen) atoms. The van der Waals surface area contributed by atoms with Gasteiger partial charge in [0.2, 0.25) is 0 Å². The highest BCUT2D eigenvalue weighted by molar-refractivity contribution is 5.64. The van der Waals surface area contributed by atoms with E-state index in [1.54, 1.807) is 10.7 Å². The molecule has 0 radical (unpaired) electrons. The van der Waals surface area contributed by atoms with Crippen molar-refractivity contribution in [2.45, 2.75) is 20.4 Å². The Balaban J connectivity index is 2.41. The summed E-state index contributed by atoms with van der Waals surface area (Å²) in [5.74, 6) is 2.22. The number of hydrogen-bond donors (Lipinski definition) is 2. The Labute approximate surface area is 93.5 Å². The second-order valence-electron chi connectivity index (χ2n) is 3.73. The maximum atomic E-state index is 8.85. The van der Waals surface area contributed by atoms with E-state index in [1.807, 2.05) is 19.9 Å². The molecule has 0 unspecified atom stereocenters. The van der Waals surface area contributed by atoms with Gasteiger partial charge in [0.05, 0.1) is 18.8 Å². The van der Waals surface area contributed by atoms with Crippen LogP contribution in [0.1, 0.15) is 11.5 Å². The minimum atomic E-state index is 0.0225. The highest BCUT2D eigenvalue weighted by Gasteiger charge is 2.12. The van der Waals surface area contributed by atoms with Crippen LogP contribution in [0.2, 0.25) is 0 Å². The minimum Gasteiger partial charge on any atom is -0.466 e. The smallest absolute Gasteiger partial charge is 0.122 e. The largest absolute Gasteiger partial charge is 0.466 e. The van der Waals surface area contributed by atoms with Crippen LogP contribution in [0.3, 0.4) is 0 Å². The molecule has 2 heterocycles. The number of nitrogens with zero attached hydrogens (tertiary/aromatic N) is 2. The number of aliphatic hydroxyl groups excluding tert-OH is 1. The van der Waals surface area contributed by atoms with Crippen molar-refractivity contribution in [3.05, 3.63) is 23.7 Å². The quantitative estimate of drug-likeness (QED) is 0.819. The monoisotopic (exact) mass is 221 g/mol. The Kier molecular flexibility index (Phi) is 2.70. The lowest BCUT2D eigenvalue weighted by molar-refractivity contribution is 0.270. The molecule has 0 spiro atoms. The molecule has 2 aromatic rings. The lowest BCUT2D eigenvalue weighted by atomic mass is 10.2. The maximum Gasteiger partial charge on any atom is 0.122 e. The first kappa shape index (κ1) is 10.8. The molecule has 0 bridgehead atoms. The van der Waals surface area contributed by atoms with Crippen molar-refractivity contribution in [1.29, 1.82) is 0 Å². The molecular weight excluding hydrogens is 206 g/mol. The molecule has 0 amide bonds. The standard InChI is InChI=1S/C11H15N3O2/c1-7-5-9(8(2)16-7)10-6-11(12)14(13-10)3-4-15/h5-6,15H,3-4,12H2,1-2H3. The van der Waals surface area contributed by atoms with Gasteiger partial charge in [-0.25, -0.2) is 4.68 Å². The zero-order valence-electron chi connectivity index (χ0n) is 9.40. The van der Waals surface area contributed by atoms with Crippen LogP contribution in [-0.2, 0) is 6.54 Å². The molecule has 5 nitrogen and oxygen atoms in total. The summed E-state index contributed by atoms with van der Waals surface area (Å²) in [5, 5.41) is 13.2. The van der Waals surface area contributed by atoms with Crippen molar-refractivity contribution in [2.75, 3.05) is 12.3 Å². The summed E-state index contributed by atoms with van der Waals surface area (Å²) in [4.78, 5) is 0. The van der Waals surface area contributed by atoms with Crippen LogP contribution >= 0.6 is 0 Å². The lowest BCUT2D eigenvalue weighted by Crippen LogP contribution is -2.07. The van der Waals surface area contributed by atoms with Crippen LogP contribution in [-0.4, -0.2) is 21.5 Å². The first-order valence-electron chi connectivity index (χ1n) is 5.13. The Morgan fingerprint density at radius 3 is 2.75 bits per heavy atom. The third-order valence-corrected chi connectivity index (χ3v) is 2.44. The van der Waals surface area contributed by atoms with E-state index in [4.69, 9.17) is 15.3 Å². The predicted molar refractivity (Wildman–Crippen MR) is 60.9 cm³/mol. The summed E-state index contributed by atoms with van der Waals surface area (Å²) >= 11 is 0. The van der Waals surface area contributed by atoms with Gasteiger partial charge in [-0.1, -0.05) is 0 Å². The van der Waals surface area contributed by atoms with Crippen molar-refractivity contribution in [3.63, 3.8) is 0 Å². The molecule has 0 aliphatic heterocycles. The van der Waals surface area contributed by atoms with Crippen LogP contribution in [0, 0.1) is 13.8 Å². The van der Waals surface area contributed by atoms with Gasteiger partial charge in [-0.05, 0) is 19.9 Å². The van der Waals surface area contributed by atoms with Crippen molar-refractivity contribution < 1.29 is 9.52 Å². The Morgan fingerprint density at radius 2 is 2.19 bits per heavy atom. The van der Waals surface area contributed by atoms with Gasteiger partial charge in [0.25, 0.3) is 0 Å². The summed E-state index contributed by atoms with van der Waals surface area (Å²) in [6.45, 7) is 4.21. The van der Waals surface area contributed by atoms with Crippen LogP contribution in [0.4, 0.5) is 5.82 Å². The number of nitrogens with two attached hydrogens (primary N) is 1. The van der Waals surface area contributed by atoms with Gasteiger partial charge in [0, 0.05) is 11.6 Å². The Hall–Kier alpha value is -1.75. The van der Waals surface area contributed by atoms with Gasteiger partial charge >= 0.3 is 0 Å². The average molecular weight is 221 g/mol.